The molecular formula is C23H23NO5. The molecule has 0 N–H and O–H groups in total. The molecule has 2 aromatic heterocycles. The molecular weight excluding hydrogens is 370 g/mol. The average molecular weight is 393 g/mol. The number of hydrogen-bond acceptors (Lipinski definition) is 6. The van der Waals surface area contributed by atoms with E-state index in [1.54, 1.807) is 45.9 Å². The van der Waals surface area contributed by atoms with Crippen LogP contribution in [0.15, 0.2) is 59.2 Å². The Bertz CT molecular complexity index is 1000. The maximum Gasteiger partial charge on any atom is 0.356 e. The van der Waals surface area contributed by atoms with Gasteiger partial charge in [-0.1, -0.05) is 30.3 Å². The third-order valence-corrected chi connectivity index (χ3v) is 3.95. The smallest absolute Gasteiger partial charge is 0.356 e. The van der Waals surface area contributed by atoms with Crippen LogP contribution in [0.5, 0.6) is 0 Å². The van der Waals surface area contributed by atoms with E-state index < -0.39 is 17.5 Å². The van der Waals surface area contributed by atoms with Crippen molar-refractivity contribution in [1.29, 1.82) is 0 Å². The highest BCUT2D eigenvalue weighted by Crippen LogP contribution is 2.34. The number of carbonyl (C=O) groups excluding carboxylic acids is 2. The Labute approximate surface area is 169 Å². The molecule has 0 amide bonds. The van der Waals surface area contributed by atoms with Gasteiger partial charge in [0.15, 0.2) is 5.76 Å². The van der Waals surface area contributed by atoms with E-state index in [0.717, 1.165) is 5.56 Å². The molecule has 0 atom stereocenters. The van der Waals surface area contributed by atoms with Crippen LogP contribution in [0.3, 0.4) is 0 Å². The van der Waals surface area contributed by atoms with Gasteiger partial charge in [-0.05, 0) is 51.5 Å². The lowest BCUT2D eigenvalue weighted by Crippen LogP contribution is -2.25. The quantitative estimate of drug-likeness (QED) is 0.559. The SMILES string of the molecule is CCOC(=O)c1cc(-c2ccccc2)c(C(=O)OC(C)(C)C)c(-c2ccco2)n1. The van der Waals surface area contributed by atoms with Crippen molar-refractivity contribution in [3.8, 4) is 22.6 Å². The van der Waals surface area contributed by atoms with Crippen LogP contribution in [0.2, 0.25) is 0 Å². The average Bonchev–Trinajstić information content (AvgIpc) is 3.21. The predicted molar refractivity (Wildman–Crippen MR) is 109 cm³/mol. The Morgan fingerprint density at radius 3 is 2.34 bits per heavy atom. The van der Waals surface area contributed by atoms with Crippen molar-refractivity contribution in [2.45, 2.75) is 33.3 Å². The first-order valence-corrected chi connectivity index (χ1v) is 9.35. The number of benzene rings is 1. The Kier molecular flexibility index (Phi) is 5.82. The van der Waals surface area contributed by atoms with Crippen LogP contribution in [0.4, 0.5) is 0 Å². The van der Waals surface area contributed by atoms with Crippen molar-refractivity contribution >= 4 is 11.9 Å². The highest BCUT2D eigenvalue weighted by atomic mass is 16.6. The fraction of sp³-hybridized carbons (Fsp3) is 0.261. The number of ether oxygens (including phenoxy) is 2. The van der Waals surface area contributed by atoms with Crippen LogP contribution in [-0.4, -0.2) is 29.1 Å². The Morgan fingerprint density at radius 1 is 1.03 bits per heavy atom. The zero-order valence-electron chi connectivity index (χ0n) is 16.9. The lowest BCUT2D eigenvalue weighted by molar-refractivity contribution is 0.00701. The second kappa shape index (κ2) is 8.31. The number of esters is 2. The predicted octanol–water partition coefficient (Wildman–Crippen LogP) is 5.14. The molecule has 1 aromatic carbocycles. The molecule has 0 aliphatic rings. The van der Waals surface area contributed by atoms with Gasteiger partial charge >= 0.3 is 11.9 Å². The molecule has 3 rings (SSSR count). The van der Waals surface area contributed by atoms with E-state index in [2.05, 4.69) is 4.98 Å². The van der Waals surface area contributed by atoms with Crippen molar-refractivity contribution in [3.63, 3.8) is 0 Å². The molecule has 0 radical (unpaired) electrons. The summed E-state index contributed by atoms with van der Waals surface area (Å²) in [5, 5.41) is 0. The van der Waals surface area contributed by atoms with Gasteiger partial charge in [-0.15, -0.1) is 0 Å². The molecule has 0 fully saturated rings. The van der Waals surface area contributed by atoms with Crippen molar-refractivity contribution in [2.24, 2.45) is 0 Å². The van der Waals surface area contributed by atoms with E-state index in [1.807, 2.05) is 30.3 Å². The summed E-state index contributed by atoms with van der Waals surface area (Å²) in [5.74, 6) is -0.770. The first-order valence-electron chi connectivity index (χ1n) is 9.35. The number of aromatic nitrogens is 1. The number of carbonyl (C=O) groups is 2. The number of furan rings is 1. The van der Waals surface area contributed by atoms with Crippen molar-refractivity contribution in [1.82, 2.24) is 4.98 Å². The number of hydrogen-bond donors (Lipinski definition) is 0. The normalized spacial score (nSPS) is 11.2. The van der Waals surface area contributed by atoms with Gasteiger partial charge in [-0.25, -0.2) is 14.6 Å². The first-order chi connectivity index (χ1) is 13.8. The van der Waals surface area contributed by atoms with E-state index in [9.17, 15) is 9.59 Å². The lowest BCUT2D eigenvalue weighted by atomic mass is 9.96. The molecule has 0 saturated heterocycles. The Hall–Kier alpha value is -3.41. The van der Waals surface area contributed by atoms with Gasteiger partial charge < -0.3 is 13.9 Å². The minimum absolute atomic E-state index is 0.0874. The van der Waals surface area contributed by atoms with E-state index in [4.69, 9.17) is 13.9 Å². The van der Waals surface area contributed by atoms with Crippen LogP contribution in [-0.2, 0) is 9.47 Å². The number of nitrogens with zero attached hydrogens (tertiary/aromatic N) is 1. The number of rotatable bonds is 5. The standard InChI is InChI=1S/C23H23NO5/c1-5-27-21(25)17-14-16(15-10-7-6-8-11-15)19(22(26)29-23(2,3)4)20(24-17)18-12-9-13-28-18/h6-14H,5H2,1-4H3. The van der Waals surface area contributed by atoms with Gasteiger partial charge in [-0.3, -0.25) is 0 Å². The summed E-state index contributed by atoms with van der Waals surface area (Å²) in [6, 6.07) is 14.2. The highest BCUT2D eigenvalue weighted by molar-refractivity contribution is 6.04. The molecule has 29 heavy (non-hydrogen) atoms. The van der Waals surface area contributed by atoms with Crippen LogP contribution < -0.4 is 0 Å². The van der Waals surface area contributed by atoms with Gasteiger partial charge in [0.05, 0.1) is 18.4 Å². The molecule has 0 aliphatic heterocycles. The molecule has 2 heterocycles. The van der Waals surface area contributed by atoms with Gasteiger partial charge in [0, 0.05) is 5.56 Å². The maximum atomic E-state index is 13.2. The van der Waals surface area contributed by atoms with Gasteiger partial charge in [0.25, 0.3) is 0 Å². The lowest BCUT2D eigenvalue weighted by Gasteiger charge is -2.22. The summed E-state index contributed by atoms with van der Waals surface area (Å²) in [5.41, 5.74) is 1.11. The van der Waals surface area contributed by atoms with Crippen molar-refractivity contribution < 1.29 is 23.5 Å². The molecule has 0 bridgehead atoms. The van der Waals surface area contributed by atoms with Gasteiger partial charge in [0.1, 0.15) is 17.0 Å². The zero-order valence-corrected chi connectivity index (χ0v) is 16.9. The van der Waals surface area contributed by atoms with Crippen molar-refractivity contribution in [3.05, 3.63) is 66.1 Å². The van der Waals surface area contributed by atoms with E-state index >= 15 is 0 Å². The molecule has 6 nitrogen and oxygen atoms in total. The van der Waals surface area contributed by atoms with E-state index in [-0.39, 0.29) is 23.6 Å². The van der Waals surface area contributed by atoms with Crippen LogP contribution in [0.25, 0.3) is 22.6 Å². The summed E-state index contributed by atoms with van der Waals surface area (Å²) in [4.78, 5) is 30.0. The largest absolute Gasteiger partial charge is 0.463 e. The maximum absolute atomic E-state index is 13.2. The number of pyridine rings is 1. The summed E-state index contributed by atoms with van der Waals surface area (Å²) in [6.07, 6.45) is 1.48. The van der Waals surface area contributed by atoms with Crippen molar-refractivity contribution in [2.75, 3.05) is 6.61 Å². The fourth-order valence-electron chi connectivity index (χ4n) is 2.83. The summed E-state index contributed by atoms with van der Waals surface area (Å²) >= 11 is 0. The Morgan fingerprint density at radius 2 is 1.76 bits per heavy atom. The van der Waals surface area contributed by atoms with Gasteiger partial charge in [0.2, 0.25) is 0 Å². The fourth-order valence-corrected chi connectivity index (χ4v) is 2.83. The molecule has 6 heteroatoms. The minimum atomic E-state index is -0.703. The van der Waals surface area contributed by atoms with E-state index in [1.165, 1.54) is 6.26 Å². The molecule has 0 aliphatic carbocycles. The van der Waals surface area contributed by atoms with Crippen LogP contribution in [0, 0.1) is 0 Å². The molecule has 150 valence electrons. The first kappa shape index (κ1) is 20.3. The minimum Gasteiger partial charge on any atom is -0.463 e. The molecule has 0 spiro atoms. The van der Waals surface area contributed by atoms with Gasteiger partial charge in [-0.2, -0.15) is 0 Å². The molecule has 0 saturated carbocycles. The second-order valence-electron chi connectivity index (χ2n) is 7.34. The van der Waals surface area contributed by atoms with E-state index in [0.29, 0.717) is 11.3 Å². The summed E-state index contributed by atoms with van der Waals surface area (Å²) < 4.78 is 16.3. The monoisotopic (exact) mass is 393 g/mol. The third kappa shape index (κ3) is 4.71. The van der Waals surface area contributed by atoms with Crippen LogP contribution >= 0.6 is 0 Å². The zero-order chi connectivity index (χ0) is 21.0. The van der Waals surface area contributed by atoms with Crippen LogP contribution in [0.1, 0.15) is 48.5 Å². The third-order valence-electron chi connectivity index (χ3n) is 3.95. The highest BCUT2D eigenvalue weighted by Gasteiger charge is 2.28. The molecule has 0 unspecified atom stereocenters. The molecule has 3 aromatic rings. The second-order valence-corrected chi connectivity index (χ2v) is 7.34. The summed E-state index contributed by atoms with van der Waals surface area (Å²) in [6.45, 7) is 7.31. The summed E-state index contributed by atoms with van der Waals surface area (Å²) in [7, 11) is 0. The Balaban J connectivity index is 2.30. The topological polar surface area (TPSA) is 78.6 Å².